The molecule has 1 aromatic heterocycles. The van der Waals surface area contributed by atoms with Gasteiger partial charge in [0.1, 0.15) is 17.7 Å². The van der Waals surface area contributed by atoms with Gasteiger partial charge < -0.3 is 14.5 Å². The number of piperidine rings is 1. The lowest BCUT2D eigenvalue weighted by Crippen LogP contribution is -2.33. The molecule has 0 saturated carbocycles. The molecular formula is C22H26FN3O3S. The van der Waals surface area contributed by atoms with Crippen LogP contribution in [0.1, 0.15) is 37.0 Å². The summed E-state index contributed by atoms with van der Waals surface area (Å²) in [5.74, 6) is 0.872. The number of halogens is 1. The molecule has 2 saturated heterocycles. The van der Waals surface area contributed by atoms with Crippen LogP contribution in [0.4, 0.5) is 14.9 Å². The predicted octanol–water partition coefficient (Wildman–Crippen LogP) is 4.06. The summed E-state index contributed by atoms with van der Waals surface area (Å²) in [5, 5.41) is 3.00. The van der Waals surface area contributed by atoms with Crippen LogP contribution in [0.25, 0.3) is 0 Å². The fourth-order valence-corrected chi connectivity index (χ4v) is 4.22. The van der Waals surface area contributed by atoms with Crippen LogP contribution in [-0.2, 0) is 11.3 Å². The zero-order chi connectivity index (χ0) is 21.1. The third kappa shape index (κ3) is 4.82. The van der Waals surface area contributed by atoms with Crippen molar-refractivity contribution in [1.29, 1.82) is 0 Å². The zero-order valence-corrected chi connectivity index (χ0v) is 17.8. The molecule has 2 aromatic rings. The normalized spacial score (nSPS) is 20.4. The lowest BCUT2D eigenvalue weighted by Gasteiger charge is -2.31. The van der Waals surface area contributed by atoms with E-state index < -0.39 is 6.09 Å². The summed E-state index contributed by atoms with van der Waals surface area (Å²) in [6.07, 6.45) is 2.71. The maximum atomic E-state index is 14.9. The van der Waals surface area contributed by atoms with Crippen molar-refractivity contribution in [1.82, 2.24) is 10.2 Å². The van der Waals surface area contributed by atoms with Gasteiger partial charge in [-0.2, -0.15) is 0 Å². The maximum absolute atomic E-state index is 14.9. The Balaban J connectivity index is 1.35. The smallest absolute Gasteiger partial charge is 0.414 e. The molecule has 8 heteroatoms. The fourth-order valence-electron chi connectivity index (χ4n) is 4.14. The van der Waals surface area contributed by atoms with Gasteiger partial charge in [-0.15, -0.1) is 0 Å². The molecule has 3 heterocycles. The number of hydrogen-bond acceptors (Lipinski definition) is 5. The number of carbonyl (C=O) groups is 1. The van der Waals surface area contributed by atoms with Crippen molar-refractivity contribution in [2.24, 2.45) is 0 Å². The van der Waals surface area contributed by atoms with E-state index in [-0.39, 0.29) is 17.8 Å². The third-order valence-corrected chi connectivity index (χ3v) is 5.88. The van der Waals surface area contributed by atoms with Crippen LogP contribution in [0.5, 0.6) is 0 Å². The molecular weight excluding hydrogens is 405 g/mol. The molecule has 0 spiro atoms. The maximum Gasteiger partial charge on any atom is 0.414 e. The first-order valence-corrected chi connectivity index (χ1v) is 10.7. The van der Waals surface area contributed by atoms with Gasteiger partial charge in [-0.05, 0) is 68.6 Å². The summed E-state index contributed by atoms with van der Waals surface area (Å²) >= 11 is 4.99. The van der Waals surface area contributed by atoms with Crippen LogP contribution >= 0.6 is 12.2 Å². The van der Waals surface area contributed by atoms with Crippen LogP contribution < -0.4 is 10.2 Å². The van der Waals surface area contributed by atoms with E-state index >= 15 is 0 Å². The molecule has 2 fully saturated rings. The number of anilines is 1. The molecule has 2 aliphatic heterocycles. The molecule has 1 atom stereocenters. The standard InChI is InChI=1S/C22H26FN3O3S/c1-15(30)24-12-19-14-26(22(27)29-19)17-4-5-20(21(23)11-17)16-6-8-25(9-7-16)13-18-3-2-10-28-18/h2-5,10-11,16,19H,6-9,12-14H2,1H3,(H,24,30)/t19-/m0/s1. The van der Waals surface area contributed by atoms with Crippen molar-refractivity contribution >= 4 is 29.0 Å². The van der Waals surface area contributed by atoms with Crippen molar-refractivity contribution in [2.45, 2.75) is 38.3 Å². The summed E-state index contributed by atoms with van der Waals surface area (Å²) in [4.78, 5) is 16.7. The van der Waals surface area contributed by atoms with Gasteiger partial charge in [0, 0.05) is 0 Å². The Morgan fingerprint density at radius 1 is 1.30 bits per heavy atom. The molecule has 1 amide bonds. The summed E-state index contributed by atoms with van der Waals surface area (Å²) in [7, 11) is 0. The molecule has 0 bridgehead atoms. The predicted molar refractivity (Wildman–Crippen MR) is 116 cm³/mol. The largest absolute Gasteiger partial charge is 0.468 e. The highest BCUT2D eigenvalue weighted by atomic mass is 32.1. The van der Waals surface area contributed by atoms with E-state index in [1.165, 1.54) is 11.0 Å². The molecule has 2 aliphatic rings. The first kappa shape index (κ1) is 20.8. The van der Waals surface area contributed by atoms with Gasteiger partial charge in [0.25, 0.3) is 0 Å². The van der Waals surface area contributed by atoms with Gasteiger partial charge in [0.05, 0.1) is 36.6 Å². The second-order valence-electron chi connectivity index (χ2n) is 7.89. The van der Waals surface area contributed by atoms with Crippen LogP contribution in [-0.4, -0.2) is 48.3 Å². The number of furan rings is 1. The highest BCUT2D eigenvalue weighted by molar-refractivity contribution is 7.80. The highest BCUT2D eigenvalue weighted by Gasteiger charge is 2.33. The van der Waals surface area contributed by atoms with Crippen LogP contribution in [0, 0.1) is 5.82 Å². The first-order chi connectivity index (χ1) is 14.5. The van der Waals surface area contributed by atoms with Crippen LogP contribution in [0.2, 0.25) is 0 Å². The number of likely N-dealkylation sites (tertiary alicyclic amines) is 1. The minimum atomic E-state index is -0.456. The quantitative estimate of drug-likeness (QED) is 0.696. The molecule has 0 radical (unpaired) electrons. The van der Waals surface area contributed by atoms with E-state index in [9.17, 15) is 9.18 Å². The number of cyclic esters (lactones) is 1. The number of thiocarbonyl (C=S) groups is 1. The Morgan fingerprint density at radius 3 is 2.77 bits per heavy atom. The lowest BCUT2D eigenvalue weighted by molar-refractivity contribution is 0.143. The summed E-state index contributed by atoms with van der Waals surface area (Å²) in [6, 6.07) is 8.95. The molecule has 1 N–H and O–H groups in total. The Bertz CT molecular complexity index is 897. The van der Waals surface area contributed by atoms with Gasteiger partial charge in [-0.1, -0.05) is 18.3 Å². The minimum absolute atomic E-state index is 0.181. The van der Waals surface area contributed by atoms with Crippen LogP contribution in [0.15, 0.2) is 41.0 Å². The summed E-state index contributed by atoms with van der Waals surface area (Å²) < 4.78 is 25.7. The first-order valence-electron chi connectivity index (χ1n) is 10.3. The Labute approximate surface area is 181 Å². The molecule has 0 unspecified atom stereocenters. The van der Waals surface area contributed by atoms with Crippen LogP contribution in [0.3, 0.4) is 0 Å². The Kier molecular flexibility index (Phi) is 6.34. The fraction of sp³-hybridized carbons (Fsp3) is 0.455. The van der Waals surface area contributed by atoms with Crippen molar-refractivity contribution in [3.8, 4) is 0 Å². The average Bonchev–Trinajstić information content (AvgIpc) is 3.36. The number of carbonyl (C=O) groups excluding carboxylic acids is 1. The highest BCUT2D eigenvalue weighted by Crippen LogP contribution is 2.33. The summed E-state index contributed by atoms with van der Waals surface area (Å²) in [6.45, 7) is 5.20. The number of hydrogen-bond donors (Lipinski definition) is 1. The minimum Gasteiger partial charge on any atom is -0.468 e. The van der Waals surface area contributed by atoms with E-state index in [1.54, 1.807) is 13.2 Å². The molecule has 0 aliphatic carbocycles. The van der Waals surface area contributed by atoms with E-state index in [0.29, 0.717) is 23.8 Å². The van der Waals surface area contributed by atoms with Crippen molar-refractivity contribution < 1.29 is 18.3 Å². The molecule has 1 aromatic carbocycles. The molecule has 6 nitrogen and oxygen atoms in total. The Morgan fingerprint density at radius 2 is 2.10 bits per heavy atom. The molecule has 30 heavy (non-hydrogen) atoms. The van der Waals surface area contributed by atoms with Gasteiger partial charge in [0.2, 0.25) is 0 Å². The van der Waals surface area contributed by atoms with Gasteiger partial charge >= 0.3 is 6.09 Å². The number of ether oxygens (including phenoxy) is 1. The number of nitrogens with one attached hydrogen (secondary N) is 1. The Hall–Kier alpha value is -2.45. The summed E-state index contributed by atoms with van der Waals surface area (Å²) in [5.41, 5.74) is 1.25. The van der Waals surface area contributed by atoms with Gasteiger partial charge in [-0.3, -0.25) is 9.80 Å². The number of benzene rings is 1. The second-order valence-corrected chi connectivity index (χ2v) is 8.50. The van der Waals surface area contributed by atoms with E-state index in [4.69, 9.17) is 21.4 Å². The van der Waals surface area contributed by atoms with E-state index in [2.05, 4.69) is 10.2 Å². The van der Waals surface area contributed by atoms with Crippen molar-refractivity contribution in [3.63, 3.8) is 0 Å². The average molecular weight is 432 g/mol. The van der Waals surface area contributed by atoms with E-state index in [1.807, 2.05) is 24.3 Å². The topological polar surface area (TPSA) is 58.0 Å². The second kappa shape index (κ2) is 9.14. The lowest BCUT2D eigenvalue weighted by atomic mass is 9.89. The van der Waals surface area contributed by atoms with E-state index in [0.717, 1.165) is 43.8 Å². The molecule has 4 rings (SSSR count). The van der Waals surface area contributed by atoms with Gasteiger partial charge in [0.15, 0.2) is 0 Å². The monoisotopic (exact) mass is 431 g/mol. The third-order valence-electron chi connectivity index (χ3n) is 5.74. The number of rotatable bonds is 6. The zero-order valence-electron chi connectivity index (χ0n) is 17.0. The van der Waals surface area contributed by atoms with Crippen molar-refractivity contribution in [2.75, 3.05) is 31.1 Å². The number of amides is 1. The van der Waals surface area contributed by atoms with Gasteiger partial charge in [-0.25, -0.2) is 9.18 Å². The SMILES string of the molecule is CC(=S)NC[C@H]1CN(c2ccc(C3CCN(Cc4ccco4)CC3)c(F)c2)C(=O)O1. The molecule has 160 valence electrons. The van der Waals surface area contributed by atoms with Crippen molar-refractivity contribution in [3.05, 3.63) is 53.7 Å². The number of nitrogens with zero attached hydrogens (tertiary/aromatic N) is 2.